The average Bonchev–Trinajstić information content (AvgIpc) is 3.23. The molecule has 1 atom stereocenters. The second kappa shape index (κ2) is 9.82. The number of carbonyl (C=O) groups is 1. The summed E-state index contributed by atoms with van der Waals surface area (Å²) in [4.78, 5) is 17.7. The summed E-state index contributed by atoms with van der Waals surface area (Å²) in [5.74, 6) is 0.429. The van der Waals surface area contributed by atoms with Gasteiger partial charge in [0.2, 0.25) is 5.91 Å². The summed E-state index contributed by atoms with van der Waals surface area (Å²) < 4.78 is 21.5. The van der Waals surface area contributed by atoms with Crippen LogP contribution >= 0.6 is 0 Å². The highest BCUT2D eigenvalue weighted by Crippen LogP contribution is 2.35. The number of aryl methyl sites for hydroxylation is 1. The van der Waals surface area contributed by atoms with Gasteiger partial charge in [0.25, 0.3) is 0 Å². The Labute approximate surface area is 205 Å². The molecule has 1 saturated heterocycles. The first-order valence-electron chi connectivity index (χ1n) is 12.0. The second-order valence-corrected chi connectivity index (χ2v) is 9.09. The zero-order chi connectivity index (χ0) is 24.4. The summed E-state index contributed by atoms with van der Waals surface area (Å²) in [5, 5.41) is 1.10. The minimum absolute atomic E-state index is 0.0987. The number of benzene rings is 3. The standard InChI is InChI=1S/C29H30FN3O2/c1-31-20-27(25-8-3-4-9-28(25)31)26(21-6-5-7-22(30)18-21)19-29(34)33-16-14-32(15-17-33)23-10-12-24(35-2)13-11-23/h3-13,18,20,26H,14-17,19H2,1-2H3. The minimum Gasteiger partial charge on any atom is -0.497 e. The van der Waals surface area contributed by atoms with Gasteiger partial charge in [-0.1, -0.05) is 30.3 Å². The van der Waals surface area contributed by atoms with Crippen LogP contribution in [-0.4, -0.2) is 48.7 Å². The number of carbonyl (C=O) groups excluding carboxylic acids is 1. The summed E-state index contributed by atoms with van der Waals surface area (Å²) in [7, 11) is 3.67. The van der Waals surface area contributed by atoms with Crippen LogP contribution in [0.2, 0.25) is 0 Å². The highest BCUT2D eigenvalue weighted by atomic mass is 19.1. The van der Waals surface area contributed by atoms with E-state index in [1.54, 1.807) is 19.2 Å². The zero-order valence-electron chi connectivity index (χ0n) is 20.2. The normalized spacial score (nSPS) is 14.8. The highest BCUT2D eigenvalue weighted by molar-refractivity contribution is 5.86. The number of hydrogen-bond acceptors (Lipinski definition) is 3. The van der Waals surface area contributed by atoms with Gasteiger partial charge in [-0.3, -0.25) is 4.79 Å². The molecule has 0 spiro atoms. The van der Waals surface area contributed by atoms with Gasteiger partial charge in [0, 0.05) is 68.4 Å². The van der Waals surface area contributed by atoms with E-state index in [2.05, 4.69) is 39.9 Å². The monoisotopic (exact) mass is 471 g/mol. The molecule has 5 nitrogen and oxygen atoms in total. The third kappa shape index (κ3) is 4.74. The molecule has 1 amide bonds. The van der Waals surface area contributed by atoms with Crippen molar-refractivity contribution in [2.45, 2.75) is 12.3 Å². The van der Waals surface area contributed by atoms with Crippen molar-refractivity contribution in [2.75, 3.05) is 38.2 Å². The Morgan fingerprint density at radius 2 is 1.71 bits per heavy atom. The molecule has 0 radical (unpaired) electrons. The smallest absolute Gasteiger partial charge is 0.223 e. The van der Waals surface area contributed by atoms with E-state index in [0.29, 0.717) is 19.5 Å². The number of methoxy groups -OCH3 is 1. The molecule has 2 heterocycles. The maximum absolute atomic E-state index is 14.2. The number of piperazine rings is 1. The lowest BCUT2D eigenvalue weighted by atomic mass is 9.87. The Balaban J connectivity index is 1.35. The van der Waals surface area contributed by atoms with Crippen LogP contribution in [0.4, 0.5) is 10.1 Å². The first kappa shape index (κ1) is 23.0. The first-order valence-corrected chi connectivity index (χ1v) is 12.0. The fourth-order valence-electron chi connectivity index (χ4n) is 5.09. The first-order chi connectivity index (χ1) is 17.0. The third-order valence-electron chi connectivity index (χ3n) is 7.00. The Hall–Kier alpha value is -3.80. The predicted molar refractivity (Wildman–Crippen MR) is 138 cm³/mol. The summed E-state index contributed by atoms with van der Waals surface area (Å²) in [6.07, 6.45) is 2.38. The molecule has 1 aliphatic heterocycles. The number of fused-ring (bicyclic) bond motifs is 1. The summed E-state index contributed by atoms with van der Waals surface area (Å²) in [6, 6.07) is 22.8. The number of amides is 1. The number of nitrogens with zero attached hydrogens (tertiary/aromatic N) is 3. The molecule has 1 aliphatic rings. The van der Waals surface area contributed by atoms with Crippen LogP contribution < -0.4 is 9.64 Å². The molecule has 1 fully saturated rings. The number of hydrogen-bond donors (Lipinski definition) is 0. The number of para-hydroxylation sites is 1. The van der Waals surface area contributed by atoms with Crippen LogP contribution in [0.15, 0.2) is 79.0 Å². The number of halogens is 1. The average molecular weight is 472 g/mol. The molecule has 3 aromatic carbocycles. The summed E-state index contributed by atoms with van der Waals surface area (Å²) in [6.45, 7) is 2.88. The van der Waals surface area contributed by atoms with E-state index in [4.69, 9.17) is 4.74 Å². The molecule has 0 bridgehead atoms. The van der Waals surface area contributed by atoms with E-state index in [1.807, 2.05) is 42.3 Å². The van der Waals surface area contributed by atoms with Crippen LogP contribution in [0.3, 0.4) is 0 Å². The van der Waals surface area contributed by atoms with Crippen molar-refractivity contribution in [2.24, 2.45) is 7.05 Å². The zero-order valence-corrected chi connectivity index (χ0v) is 20.2. The minimum atomic E-state index is -0.284. The Morgan fingerprint density at radius 1 is 0.971 bits per heavy atom. The Kier molecular flexibility index (Phi) is 6.45. The second-order valence-electron chi connectivity index (χ2n) is 9.09. The van der Waals surface area contributed by atoms with Crippen molar-refractivity contribution in [3.05, 3.63) is 95.9 Å². The number of anilines is 1. The van der Waals surface area contributed by atoms with Gasteiger partial charge in [0.15, 0.2) is 0 Å². The van der Waals surface area contributed by atoms with Gasteiger partial charge in [-0.15, -0.1) is 0 Å². The van der Waals surface area contributed by atoms with E-state index >= 15 is 0 Å². The largest absolute Gasteiger partial charge is 0.497 e. The fourth-order valence-corrected chi connectivity index (χ4v) is 5.09. The van der Waals surface area contributed by atoms with E-state index in [1.165, 1.54) is 6.07 Å². The molecular weight excluding hydrogens is 441 g/mol. The Morgan fingerprint density at radius 3 is 2.43 bits per heavy atom. The van der Waals surface area contributed by atoms with Gasteiger partial charge < -0.3 is 19.1 Å². The van der Waals surface area contributed by atoms with E-state index in [9.17, 15) is 9.18 Å². The van der Waals surface area contributed by atoms with Crippen molar-refractivity contribution in [1.82, 2.24) is 9.47 Å². The number of rotatable bonds is 6. The van der Waals surface area contributed by atoms with Gasteiger partial charge in [0.05, 0.1) is 7.11 Å². The molecule has 0 aliphatic carbocycles. The predicted octanol–water partition coefficient (Wildman–Crippen LogP) is 5.20. The van der Waals surface area contributed by atoms with Crippen LogP contribution in [-0.2, 0) is 11.8 Å². The fraction of sp³-hybridized carbons (Fsp3) is 0.276. The Bertz CT molecular complexity index is 1320. The lowest BCUT2D eigenvalue weighted by molar-refractivity contribution is -0.131. The topological polar surface area (TPSA) is 37.7 Å². The molecular formula is C29H30FN3O2. The van der Waals surface area contributed by atoms with E-state index in [-0.39, 0.29) is 17.6 Å². The van der Waals surface area contributed by atoms with Crippen molar-refractivity contribution in [3.63, 3.8) is 0 Å². The molecule has 4 aromatic rings. The van der Waals surface area contributed by atoms with Gasteiger partial charge in [-0.2, -0.15) is 0 Å². The molecule has 1 aromatic heterocycles. The molecule has 1 unspecified atom stereocenters. The molecule has 0 saturated carbocycles. The lowest BCUT2D eigenvalue weighted by Crippen LogP contribution is -2.49. The quantitative estimate of drug-likeness (QED) is 0.388. The van der Waals surface area contributed by atoms with E-state index in [0.717, 1.165) is 46.6 Å². The third-order valence-corrected chi connectivity index (χ3v) is 7.00. The molecule has 0 N–H and O–H groups in total. The number of aromatic nitrogens is 1. The number of ether oxygens (including phenoxy) is 1. The van der Waals surface area contributed by atoms with Gasteiger partial charge in [-0.05, 0) is 53.6 Å². The molecule has 6 heteroatoms. The maximum Gasteiger partial charge on any atom is 0.223 e. The maximum atomic E-state index is 14.2. The molecule has 180 valence electrons. The summed E-state index contributed by atoms with van der Waals surface area (Å²) in [5.41, 5.74) is 4.11. The van der Waals surface area contributed by atoms with Gasteiger partial charge in [0.1, 0.15) is 11.6 Å². The van der Waals surface area contributed by atoms with Gasteiger partial charge in [-0.25, -0.2) is 4.39 Å². The van der Waals surface area contributed by atoms with Crippen LogP contribution in [0.1, 0.15) is 23.5 Å². The molecule has 35 heavy (non-hydrogen) atoms. The molecule has 5 rings (SSSR count). The van der Waals surface area contributed by atoms with Crippen molar-refractivity contribution in [1.29, 1.82) is 0 Å². The highest BCUT2D eigenvalue weighted by Gasteiger charge is 2.27. The van der Waals surface area contributed by atoms with Crippen LogP contribution in [0.5, 0.6) is 5.75 Å². The van der Waals surface area contributed by atoms with Crippen molar-refractivity contribution in [3.8, 4) is 5.75 Å². The lowest BCUT2D eigenvalue weighted by Gasteiger charge is -2.36. The van der Waals surface area contributed by atoms with Crippen LogP contribution in [0.25, 0.3) is 10.9 Å². The SMILES string of the molecule is COc1ccc(N2CCN(C(=O)CC(c3cccc(F)c3)c3cn(C)c4ccccc34)CC2)cc1. The van der Waals surface area contributed by atoms with Crippen molar-refractivity contribution < 1.29 is 13.9 Å². The summed E-state index contributed by atoms with van der Waals surface area (Å²) >= 11 is 0. The van der Waals surface area contributed by atoms with E-state index < -0.39 is 0 Å². The van der Waals surface area contributed by atoms with Crippen molar-refractivity contribution >= 4 is 22.5 Å². The van der Waals surface area contributed by atoms with Gasteiger partial charge >= 0.3 is 0 Å². The van der Waals surface area contributed by atoms with Crippen LogP contribution in [0, 0.1) is 5.82 Å².